The third-order valence-electron chi connectivity index (χ3n) is 2.05. The van der Waals surface area contributed by atoms with Gasteiger partial charge in [-0.2, -0.15) is 0 Å². The van der Waals surface area contributed by atoms with Gasteiger partial charge in [-0.05, 0) is 6.92 Å². The molecule has 0 amide bonds. The lowest BCUT2D eigenvalue weighted by atomic mass is 10.3. The number of H-pyrrole nitrogens is 1. The minimum atomic E-state index is 0.820. The number of aryl methyl sites for hydroxylation is 1. The molecular formula is C9H12N4. The summed E-state index contributed by atoms with van der Waals surface area (Å²) in [6, 6.07) is 0. The van der Waals surface area contributed by atoms with E-state index in [9.17, 15) is 0 Å². The zero-order chi connectivity index (χ0) is 9.10. The molecule has 2 aromatic rings. The maximum Gasteiger partial charge on any atom is 0.114 e. The molecular weight excluding hydrogens is 164 g/mol. The summed E-state index contributed by atoms with van der Waals surface area (Å²) in [5.41, 5.74) is 1.10. The maximum absolute atomic E-state index is 4.28. The highest BCUT2D eigenvalue weighted by atomic mass is 15.1. The fourth-order valence-electron chi connectivity index (χ4n) is 1.35. The monoisotopic (exact) mass is 176 g/mol. The van der Waals surface area contributed by atoms with Crippen molar-refractivity contribution in [3.8, 4) is 0 Å². The fourth-order valence-corrected chi connectivity index (χ4v) is 1.35. The normalized spacial score (nSPS) is 10.5. The highest BCUT2D eigenvalue weighted by molar-refractivity contribution is 5.06. The van der Waals surface area contributed by atoms with Gasteiger partial charge in [-0.25, -0.2) is 9.97 Å². The first kappa shape index (κ1) is 8.04. The van der Waals surface area contributed by atoms with Crippen LogP contribution in [-0.4, -0.2) is 19.5 Å². The van der Waals surface area contributed by atoms with Crippen LogP contribution in [0.4, 0.5) is 0 Å². The van der Waals surface area contributed by atoms with Gasteiger partial charge in [0.15, 0.2) is 0 Å². The van der Waals surface area contributed by atoms with Crippen molar-refractivity contribution in [2.24, 2.45) is 0 Å². The topological polar surface area (TPSA) is 46.5 Å². The molecule has 4 heteroatoms. The second-order valence-corrected chi connectivity index (χ2v) is 2.88. The lowest BCUT2D eigenvalue weighted by Gasteiger charge is -2.01. The standard InChI is InChI=1S/C9H12N4/c1-2-13-4-3-11-9(13)5-8-6-10-7-12-8/h3-4,6-7H,2,5H2,1H3,(H,10,12). The van der Waals surface area contributed by atoms with Crippen molar-refractivity contribution < 1.29 is 0 Å². The van der Waals surface area contributed by atoms with Crippen LogP contribution in [0.25, 0.3) is 0 Å². The maximum atomic E-state index is 4.28. The Morgan fingerprint density at radius 2 is 2.46 bits per heavy atom. The Kier molecular flexibility index (Phi) is 2.12. The molecule has 0 bridgehead atoms. The van der Waals surface area contributed by atoms with Crippen LogP contribution in [0.15, 0.2) is 24.9 Å². The zero-order valence-electron chi connectivity index (χ0n) is 7.57. The van der Waals surface area contributed by atoms with Crippen molar-refractivity contribution in [3.63, 3.8) is 0 Å². The molecule has 68 valence electrons. The van der Waals surface area contributed by atoms with Crippen molar-refractivity contribution in [2.75, 3.05) is 0 Å². The SMILES string of the molecule is CCn1ccnc1Cc1cnc[nH]1. The molecule has 13 heavy (non-hydrogen) atoms. The Bertz CT molecular complexity index is 361. The molecule has 4 nitrogen and oxygen atoms in total. The van der Waals surface area contributed by atoms with Crippen LogP contribution in [0.3, 0.4) is 0 Å². The smallest absolute Gasteiger partial charge is 0.114 e. The summed E-state index contributed by atoms with van der Waals surface area (Å²) < 4.78 is 2.13. The largest absolute Gasteiger partial charge is 0.348 e. The van der Waals surface area contributed by atoms with E-state index in [0.717, 1.165) is 24.5 Å². The van der Waals surface area contributed by atoms with E-state index in [-0.39, 0.29) is 0 Å². The van der Waals surface area contributed by atoms with E-state index in [1.54, 1.807) is 6.33 Å². The predicted molar refractivity (Wildman–Crippen MR) is 49.3 cm³/mol. The highest BCUT2D eigenvalue weighted by Crippen LogP contribution is 2.04. The molecule has 0 atom stereocenters. The van der Waals surface area contributed by atoms with E-state index in [0.29, 0.717) is 0 Å². The van der Waals surface area contributed by atoms with Gasteiger partial charge in [0.1, 0.15) is 5.82 Å². The second-order valence-electron chi connectivity index (χ2n) is 2.88. The minimum Gasteiger partial charge on any atom is -0.348 e. The minimum absolute atomic E-state index is 0.820. The summed E-state index contributed by atoms with van der Waals surface area (Å²) >= 11 is 0. The van der Waals surface area contributed by atoms with E-state index in [2.05, 4.69) is 26.4 Å². The summed E-state index contributed by atoms with van der Waals surface area (Å²) in [5.74, 6) is 1.08. The first-order chi connectivity index (χ1) is 6.40. The molecule has 0 radical (unpaired) electrons. The van der Waals surface area contributed by atoms with Crippen LogP contribution in [0.1, 0.15) is 18.4 Å². The Labute approximate surface area is 76.7 Å². The number of hydrogen-bond donors (Lipinski definition) is 1. The van der Waals surface area contributed by atoms with Crippen molar-refractivity contribution in [1.29, 1.82) is 0 Å². The average molecular weight is 176 g/mol. The molecule has 0 aliphatic rings. The van der Waals surface area contributed by atoms with Gasteiger partial charge in [0.05, 0.1) is 6.33 Å². The van der Waals surface area contributed by atoms with Gasteiger partial charge >= 0.3 is 0 Å². The van der Waals surface area contributed by atoms with Crippen LogP contribution in [-0.2, 0) is 13.0 Å². The zero-order valence-corrected chi connectivity index (χ0v) is 7.57. The lowest BCUT2D eigenvalue weighted by Crippen LogP contribution is -2.01. The van der Waals surface area contributed by atoms with Crippen molar-refractivity contribution >= 4 is 0 Å². The average Bonchev–Trinajstić information content (AvgIpc) is 2.76. The van der Waals surface area contributed by atoms with E-state index >= 15 is 0 Å². The summed E-state index contributed by atoms with van der Waals surface area (Å²) in [7, 11) is 0. The first-order valence-electron chi connectivity index (χ1n) is 4.37. The molecule has 0 fully saturated rings. The number of nitrogens with zero attached hydrogens (tertiary/aromatic N) is 3. The van der Waals surface area contributed by atoms with E-state index in [1.165, 1.54) is 0 Å². The second kappa shape index (κ2) is 3.43. The van der Waals surface area contributed by atoms with Crippen LogP contribution in [0, 0.1) is 0 Å². The Hall–Kier alpha value is -1.58. The number of aromatic amines is 1. The van der Waals surface area contributed by atoms with Gasteiger partial charge in [0.25, 0.3) is 0 Å². The van der Waals surface area contributed by atoms with Gasteiger partial charge in [-0.3, -0.25) is 0 Å². The number of imidazole rings is 2. The summed E-state index contributed by atoms with van der Waals surface area (Å²) in [4.78, 5) is 11.3. The molecule has 0 spiro atoms. The number of rotatable bonds is 3. The molecule has 1 N–H and O–H groups in total. The molecule has 2 heterocycles. The van der Waals surface area contributed by atoms with Gasteiger partial charge < -0.3 is 9.55 Å². The van der Waals surface area contributed by atoms with Gasteiger partial charge in [-0.1, -0.05) is 0 Å². The third kappa shape index (κ3) is 1.61. The van der Waals surface area contributed by atoms with E-state index in [4.69, 9.17) is 0 Å². The van der Waals surface area contributed by atoms with Crippen LogP contribution in [0.2, 0.25) is 0 Å². The first-order valence-corrected chi connectivity index (χ1v) is 4.37. The Morgan fingerprint density at radius 1 is 1.54 bits per heavy atom. The molecule has 0 aromatic carbocycles. The number of nitrogens with one attached hydrogen (secondary N) is 1. The van der Waals surface area contributed by atoms with Crippen molar-refractivity contribution in [2.45, 2.75) is 19.9 Å². The van der Waals surface area contributed by atoms with Crippen LogP contribution in [0.5, 0.6) is 0 Å². The quantitative estimate of drug-likeness (QED) is 0.764. The van der Waals surface area contributed by atoms with E-state index in [1.807, 2.05) is 18.6 Å². The summed E-state index contributed by atoms with van der Waals surface area (Å²) in [6.45, 7) is 3.07. The molecule has 0 saturated heterocycles. The third-order valence-corrected chi connectivity index (χ3v) is 2.05. The highest BCUT2D eigenvalue weighted by Gasteiger charge is 2.02. The molecule has 0 unspecified atom stereocenters. The van der Waals surface area contributed by atoms with Gasteiger partial charge in [-0.15, -0.1) is 0 Å². The Morgan fingerprint density at radius 3 is 3.15 bits per heavy atom. The Balaban J connectivity index is 2.18. The molecule has 0 aliphatic heterocycles. The predicted octanol–water partition coefficient (Wildman–Crippen LogP) is 1.22. The lowest BCUT2D eigenvalue weighted by molar-refractivity contribution is 0.709. The number of hydrogen-bond acceptors (Lipinski definition) is 2. The fraction of sp³-hybridized carbons (Fsp3) is 0.333. The number of aromatic nitrogens is 4. The van der Waals surface area contributed by atoms with Crippen LogP contribution >= 0.6 is 0 Å². The summed E-state index contributed by atoms with van der Waals surface area (Å²) in [5, 5.41) is 0. The van der Waals surface area contributed by atoms with Crippen LogP contribution < -0.4 is 0 Å². The molecule has 2 rings (SSSR count). The summed E-state index contributed by atoms with van der Waals surface area (Å²) in [6.07, 6.45) is 8.16. The van der Waals surface area contributed by atoms with Crippen molar-refractivity contribution in [3.05, 3.63) is 36.4 Å². The van der Waals surface area contributed by atoms with Crippen molar-refractivity contribution in [1.82, 2.24) is 19.5 Å². The van der Waals surface area contributed by atoms with Gasteiger partial charge in [0.2, 0.25) is 0 Å². The molecule has 0 aliphatic carbocycles. The van der Waals surface area contributed by atoms with Gasteiger partial charge in [0, 0.05) is 37.3 Å². The van der Waals surface area contributed by atoms with E-state index < -0.39 is 0 Å². The molecule has 2 aromatic heterocycles. The molecule has 0 saturated carbocycles.